The van der Waals surface area contributed by atoms with Gasteiger partial charge in [-0.15, -0.1) is 6.58 Å². The van der Waals surface area contributed by atoms with Crippen LogP contribution >= 0.6 is 0 Å². The molecular weight excluding hydrogens is 484 g/mol. The molecule has 0 spiro atoms. The lowest BCUT2D eigenvalue weighted by molar-refractivity contribution is -0.143. The third-order valence-corrected chi connectivity index (χ3v) is 5.35. The number of imide groups is 1. The highest BCUT2D eigenvalue weighted by Crippen LogP contribution is 2.19. The smallest absolute Gasteiger partial charge is 0.419 e. The van der Waals surface area contributed by atoms with Crippen molar-refractivity contribution in [1.82, 2.24) is 20.4 Å². The molecule has 1 fully saturated rings. The van der Waals surface area contributed by atoms with Gasteiger partial charge in [-0.25, -0.2) is 14.5 Å². The van der Waals surface area contributed by atoms with Gasteiger partial charge in [0.1, 0.15) is 19.2 Å². The van der Waals surface area contributed by atoms with Crippen molar-refractivity contribution in [3.8, 4) is 0 Å². The number of urea groups is 1. The predicted molar refractivity (Wildman–Crippen MR) is 131 cm³/mol. The average Bonchev–Trinajstić information content (AvgIpc) is 3.21. The van der Waals surface area contributed by atoms with E-state index in [-0.39, 0.29) is 32.7 Å². The van der Waals surface area contributed by atoms with Gasteiger partial charge >= 0.3 is 18.1 Å². The van der Waals surface area contributed by atoms with E-state index in [2.05, 4.69) is 17.2 Å². The molecular formula is C25H32N4O8. The van der Waals surface area contributed by atoms with Gasteiger partial charge in [-0.2, -0.15) is 0 Å². The summed E-state index contributed by atoms with van der Waals surface area (Å²) < 4.78 is 10.1. The second-order valence-electron chi connectivity index (χ2n) is 8.11. The predicted octanol–water partition coefficient (Wildman–Crippen LogP) is 1.15. The topological polar surface area (TPSA) is 151 Å². The highest BCUT2D eigenvalue weighted by atomic mass is 16.6. The first-order chi connectivity index (χ1) is 17.7. The number of rotatable bonds is 13. The number of hydrogen-bond donors (Lipinski definition) is 2. The fourth-order valence-corrected chi connectivity index (χ4v) is 3.58. The zero-order valence-electron chi connectivity index (χ0n) is 20.9. The molecule has 12 nitrogen and oxygen atoms in total. The van der Waals surface area contributed by atoms with Gasteiger partial charge < -0.3 is 25.0 Å². The number of hydrogen-bond acceptors (Lipinski definition) is 8. The van der Waals surface area contributed by atoms with Gasteiger partial charge in [0, 0.05) is 6.54 Å². The minimum Gasteiger partial charge on any atom is -0.465 e. The van der Waals surface area contributed by atoms with E-state index in [9.17, 15) is 28.8 Å². The van der Waals surface area contributed by atoms with Gasteiger partial charge in [-0.1, -0.05) is 49.8 Å². The van der Waals surface area contributed by atoms with Crippen LogP contribution in [-0.2, 0) is 35.3 Å². The molecule has 1 aliphatic rings. The molecule has 2 atom stereocenters. The molecule has 0 saturated carbocycles. The molecule has 12 heteroatoms. The van der Waals surface area contributed by atoms with Crippen molar-refractivity contribution in [2.24, 2.45) is 0 Å². The Kier molecular flexibility index (Phi) is 11.3. The maximum absolute atomic E-state index is 13.2. The van der Waals surface area contributed by atoms with Crippen LogP contribution in [0, 0.1) is 0 Å². The number of nitrogens with one attached hydrogen (secondary N) is 2. The standard InChI is InChI=1S/C25H32N4O8/c1-4-10-18(21(31)23(33)26-13-5-2)27-22(32)19-14-28(15-20(30)36-6-3)24(34)29(19)25(35)37-16-17-11-8-7-9-12-17/h5,7-9,11-12,18-19H,2,4,6,10,13-16H2,1,3H3,(H,26,33)(H,27,32)/t18?,19-/m0/s1. The number of carbonyl (C=O) groups excluding carboxylic acids is 6. The fraction of sp³-hybridized carbons (Fsp3) is 0.440. The lowest BCUT2D eigenvalue weighted by Gasteiger charge is -2.23. The summed E-state index contributed by atoms with van der Waals surface area (Å²) in [6, 6.07) is 5.20. The monoisotopic (exact) mass is 516 g/mol. The summed E-state index contributed by atoms with van der Waals surface area (Å²) in [5.41, 5.74) is 0.658. The van der Waals surface area contributed by atoms with Crippen LogP contribution in [0.25, 0.3) is 0 Å². The maximum Gasteiger partial charge on any atom is 0.419 e. The first-order valence-electron chi connectivity index (χ1n) is 11.9. The van der Waals surface area contributed by atoms with Gasteiger partial charge in [-0.3, -0.25) is 19.2 Å². The van der Waals surface area contributed by atoms with E-state index in [1.54, 1.807) is 44.2 Å². The summed E-state index contributed by atoms with van der Waals surface area (Å²) in [6.45, 7) is 6.01. The first kappa shape index (κ1) is 29.0. The molecule has 1 unspecified atom stereocenters. The number of Topliss-reactive ketones (excluding diaryl/α,β-unsaturated/α-hetero) is 1. The summed E-state index contributed by atoms with van der Waals surface area (Å²) in [4.78, 5) is 77.4. The number of amides is 5. The Labute approximate surface area is 214 Å². The molecule has 0 aromatic heterocycles. The van der Waals surface area contributed by atoms with Crippen LogP contribution in [0.5, 0.6) is 0 Å². The Balaban J connectivity index is 2.22. The Morgan fingerprint density at radius 2 is 1.84 bits per heavy atom. The van der Waals surface area contributed by atoms with Crippen molar-refractivity contribution in [3.63, 3.8) is 0 Å². The van der Waals surface area contributed by atoms with Gasteiger partial charge in [0.25, 0.3) is 5.91 Å². The second-order valence-corrected chi connectivity index (χ2v) is 8.11. The van der Waals surface area contributed by atoms with Crippen molar-refractivity contribution in [1.29, 1.82) is 0 Å². The third kappa shape index (κ3) is 8.16. The van der Waals surface area contributed by atoms with Crippen molar-refractivity contribution in [2.45, 2.75) is 45.4 Å². The number of benzene rings is 1. The Bertz CT molecular complexity index is 1010. The lowest BCUT2D eigenvalue weighted by atomic mass is 10.1. The van der Waals surface area contributed by atoms with E-state index >= 15 is 0 Å². The van der Waals surface area contributed by atoms with Crippen molar-refractivity contribution in [2.75, 3.05) is 26.2 Å². The molecule has 0 bridgehead atoms. The molecule has 5 amide bonds. The normalized spacial score (nSPS) is 15.5. The minimum absolute atomic E-state index is 0.0678. The molecule has 37 heavy (non-hydrogen) atoms. The molecule has 1 aromatic carbocycles. The quantitative estimate of drug-likeness (QED) is 0.225. The van der Waals surface area contributed by atoms with E-state index in [4.69, 9.17) is 9.47 Å². The van der Waals surface area contributed by atoms with Crippen molar-refractivity contribution >= 4 is 35.7 Å². The van der Waals surface area contributed by atoms with Crippen LogP contribution in [0.3, 0.4) is 0 Å². The van der Waals surface area contributed by atoms with Crippen LogP contribution in [0.2, 0.25) is 0 Å². The van der Waals surface area contributed by atoms with Crippen LogP contribution in [0.4, 0.5) is 9.59 Å². The summed E-state index contributed by atoms with van der Waals surface area (Å²) in [6.07, 6.45) is 0.923. The highest BCUT2D eigenvalue weighted by molar-refractivity contribution is 6.38. The molecule has 1 aromatic rings. The van der Waals surface area contributed by atoms with Gasteiger partial charge in [0.2, 0.25) is 11.7 Å². The van der Waals surface area contributed by atoms with Gasteiger partial charge in [0.15, 0.2) is 0 Å². The Hall–Kier alpha value is -4.22. The molecule has 200 valence electrons. The van der Waals surface area contributed by atoms with E-state index in [0.29, 0.717) is 16.9 Å². The first-order valence-corrected chi connectivity index (χ1v) is 11.9. The summed E-state index contributed by atoms with van der Waals surface area (Å²) >= 11 is 0. The molecule has 2 rings (SSSR count). The zero-order chi connectivity index (χ0) is 27.4. The largest absolute Gasteiger partial charge is 0.465 e. The van der Waals surface area contributed by atoms with Gasteiger partial charge in [-0.05, 0) is 18.9 Å². The minimum atomic E-state index is -1.41. The third-order valence-electron chi connectivity index (χ3n) is 5.35. The van der Waals surface area contributed by atoms with Gasteiger partial charge in [0.05, 0.1) is 19.2 Å². The molecule has 1 saturated heterocycles. The molecule has 0 radical (unpaired) electrons. The van der Waals surface area contributed by atoms with Crippen molar-refractivity contribution in [3.05, 3.63) is 48.6 Å². The summed E-state index contributed by atoms with van der Waals surface area (Å²) in [7, 11) is 0. The SMILES string of the molecule is C=CCNC(=O)C(=O)C(CCC)NC(=O)[C@@H]1CN(CC(=O)OCC)C(=O)N1C(=O)OCc1ccccc1. The van der Waals surface area contributed by atoms with Crippen LogP contribution in [0.15, 0.2) is 43.0 Å². The number of esters is 1. The molecule has 0 aliphatic carbocycles. The van der Waals surface area contributed by atoms with E-state index in [1.165, 1.54) is 6.08 Å². The Morgan fingerprint density at radius 1 is 1.14 bits per heavy atom. The fourth-order valence-electron chi connectivity index (χ4n) is 3.58. The van der Waals surface area contributed by atoms with Crippen LogP contribution in [-0.4, -0.2) is 83.8 Å². The number of ether oxygens (including phenoxy) is 2. The Morgan fingerprint density at radius 3 is 2.46 bits per heavy atom. The molecule has 1 heterocycles. The zero-order valence-corrected chi connectivity index (χ0v) is 20.9. The van der Waals surface area contributed by atoms with Crippen molar-refractivity contribution < 1.29 is 38.2 Å². The number of carbonyl (C=O) groups is 6. The van der Waals surface area contributed by atoms with E-state index in [1.807, 2.05) is 0 Å². The summed E-state index contributed by atoms with van der Waals surface area (Å²) in [5.74, 6) is -3.33. The highest BCUT2D eigenvalue weighted by Gasteiger charge is 2.47. The second kappa shape index (κ2) is 14.4. The van der Waals surface area contributed by atoms with E-state index < -0.39 is 54.3 Å². The van der Waals surface area contributed by atoms with Crippen LogP contribution < -0.4 is 10.6 Å². The number of nitrogens with zero attached hydrogens (tertiary/aromatic N) is 2. The number of ketones is 1. The molecule has 1 aliphatic heterocycles. The van der Waals surface area contributed by atoms with E-state index in [0.717, 1.165) is 4.90 Å². The lowest BCUT2D eigenvalue weighted by Crippen LogP contribution is -2.54. The summed E-state index contributed by atoms with van der Waals surface area (Å²) in [5, 5.41) is 4.84. The maximum atomic E-state index is 13.2. The van der Waals surface area contributed by atoms with Crippen LogP contribution in [0.1, 0.15) is 32.3 Å². The molecule has 2 N–H and O–H groups in total. The average molecular weight is 517 g/mol.